The molecule has 0 aliphatic carbocycles. The molecule has 2 aromatic carbocycles. The summed E-state index contributed by atoms with van der Waals surface area (Å²) in [6.07, 6.45) is 1.69. The first kappa shape index (κ1) is 16.7. The number of ether oxygens (including phenoxy) is 1. The molecular weight excluding hydrogens is 320 g/mol. The third-order valence-electron chi connectivity index (χ3n) is 3.98. The van der Waals surface area contributed by atoms with Crippen LogP contribution in [0.15, 0.2) is 42.5 Å². The Hall–Kier alpha value is -3.15. The van der Waals surface area contributed by atoms with Crippen LogP contribution < -0.4 is 10.6 Å². The fraction of sp³-hybridized carbons (Fsp3) is 0.211. The lowest BCUT2D eigenvalue weighted by Gasteiger charge is -2.14. The fourth-order valence-corrected chi connectivity index (χ4v) is 2.66. The van der Waals surface area contributed by atoms with E-state index in [1.165, 1.54) is 18.2 Å². The molecule has 0 spiro atoms. The van der Waals surface area contributed by atoms with Crippen LogP contribution in [-0.2, 0) is 4.74 Å². The van der Waals surface area contributed by atoms with Crippen molar-refractivity contribution in [1.29, 1.82) is 0 Å². The number of unbranched alkanes of at least 4 members (excludes halogenated alkanes) is 1. The Morgan fingerprint density at radius 3 is 2.56 bits per heavy atom. The van der Waals surface area contributed by atoms with Gasteiger partial charge in [0.25, 0.3) is 11.8 Å². The van der Waals surface area contributed by atoms with Crippen molar-refractivity contribution < 1.29 is 19.1 Å². The molecule has 0 radical (unpaired) electrons. The van der Waals surface area contributed by atoms with Crippen molar-refractivity contribution in [2.45, 2.75) is 19.8 Å². The first-order valence-electron chi connectivity index (χ1n) is 8.08. The standard InChI is InChI=1S/C19H18N2O4/c1-2-3-9-25-19(24)12-7-8-15-16(10-12)18(23)21(17(15)22)14-6-4-5-13(20)11-14/h4-8,10-11H,2-3,9,20H2,1H3. The molecule has 0 atom stereocenters. The molecule has 2 N–H and O–H groups in total. The van der Waals surface area contributed by atoms with E-state index in [9.17, 15) is 14.4 Å². The molecule has 128 valence electrons. The average Bonchev–Trinajstić information content (AvgIpc) is 2.85. The number of amides is 2. The van der Waals surface area contributed by atoms with Gasteiger partial charge in [-0.15, -0.1) is 0 Å². The summed E-state index contributed by atoms with van der Waals surface area (Å²) in [5.74, 6) is -1.41. The molecule has 25 heavy (non-hydrogen) atoms. The monoisotopic (exact) mass is 338 g/mol. The van der Waals surface area contributed by atoms with E-state index in [-0.39, 0.29) is 16.7 Å². The number of hydrogen-bond donors (Lipinski definition) is 1. The third kappa shape index (κ3) is 3.10. The number of anilines is 2. The lowest BCUT2D eigenvalue weighted by atomic mass is 10.1. The summed E-state index contributed by atoms with van der Waals surface area (Å²) >= 11 is 0. The van der Waals surface area contributed by atoms with Crippen LogP contribution in [0.2, 0.25) is 0 Å². The molecule has 0 unspecified atom stereocenters. The zero-order valence-electron chi connectivity index (χ0n) is 13.8. The van der Waals surface area contributed by atoms with Crippen LogP contribution in [0.3, 0.4) is 0 Å². The molecule has 0 bridgehead atoms. The number of nitrogens with two attached hydrogens (primary N) is 1. The van der Waals surface area contributed by atoms with E-state index in [0.29, 0.717) is 18.0 Å². The van der Waals surface area contributed by atoms with Crippen molar-refractivity contribution in [3.8, 4) is 0 Å². The molecule has 2 aromatic rings. The highest BCUT2D eigenvalue weighted by Crippen LogP contribution is 2.30. The third-order valence-corrected chi connectivity index (χ3v) is 3.98. The minimum atomic E-state index is -0.501. The molecule has 3 rings (SSSR count). The van der Waals surface area contributed by atoms with Gasteiger partial charge in [0.15, 0.2) is 0 Å². The molecule has 0 fully saturated rings. The molecule has 1 aliphatic heterocycles. The molecular formula is C19H18N2O4. The van der Waals surface area contributed by atoms with E-state index in [1.54, 1.807) is 24.3 Å². The summed E-state index contributed by atoms with van der Waals surface area (Å²) in [4.78, 5) is 38.3. The van der Waals surface area contributed by atoms with E-state index in [0.717, 1.165) is 17.7 Å². The van der Waals surface area contributed by atoms with Crippen LogP contribution in [0.25, 0.3) is 0 Å². The number of benzene rings is 2. The summed E-state index contributed by atoms with van der Waals surface area (Å²) in [7, 11) is 0. The van der Waals surface area contributed by atoms with Gasteiger partial charge in [0.05, 0.1) is 29.0 Å². The summed E-state index contributed by atoms with van der Waals surface area (Å²) in [5.41, 5.74) is 7.30. The van der Waals surface area contributed by atoms with Crippen molar-refractivity contribution in [2.24, 2.45) is 0 Å². The summed E-state index contributed by atoms with van der Waals surface area (Å²) in [6, 6.07) is 10.9. The SMILES string of the molecule is CCCCOC(=O)c1ccc2c(c1)C(=O)N(c1cccc(N)c1)C2=O. The lowest BCUT2D eigenvalue weighted by Crippen LogP contribution is -2.29. The van der Waals surface area contributed by atoms with Crippen LogP contribution in [-0.4, -0.2) is 24.4 Å². The smallest absolute Gasteiger partial charge is 0.338 e. The number of nitrogen functional groups attached to an aromatic ring is 1. The Morgan fingerprint density at radius 2 is 1.84 bits per heavy atom. The van der Waals surface area contributed by atoms with Gasteiger partial charge < -0.3 is 10.5 Å². The predicted molar refractivity (Wildman–Crippen MR) is 93.6 cm³/mol. The molecule has 1 aliphatic rings. The maximum absolute atomic E-state index is 12.7. The van der Waals surface area contributed by atoms with Gasteiger partial charge >= 0.3 is 5.97 Å². The minimum absolute atomic E-state index is 0.192. The summed E-state index contributed by atoms with van der Waals surface area (Å²) in [5, 5.41) is 0. The molecule has 0 aromatic heterocycles. The maximum atomic E-state index is 12.7. The maximum Gasteiger partial charge on any atom is 0.338 e. The number of esters is 1. The Balaban J connectivity index is 1.89. The van der Waals surface area contributed by atoms with E-state index in [2.05, 4.69) is 0 Å². The van der Waals surface area contributed by atoms with Gasteiger partial charge in [0.2, 0.25) is 0 Å². The predicted octanol–water partition coefficient (Wildman–Crippen LogP) is 3.03. The highest BCUT2D eigenvalue weighted by Gasteiger charge is 2.37. The van der Waals surface area contributed by atoms with Gasteiger partial charge in [-0.3, -0.25) is 9.59 Å². The van der Waals surface area contributed by atoms with Crippen LogP contribution >= 0.6 is 0 Å². The van der Waals surface area contributed by atoms with Crippen molar-refractivity contribution in [2.75, 3.05) is 17.2 Å². The van der Waals surface area contributed by atoms with Crippen molar-refractivity contribution in [3.63, 3.8) is 0 Å². The first-order chi connectivity index (χ1) is 12.0. The molecule has 6 nitrogen and oxygen atoms in total. The zero-order chi connectivity index (χ0) is 18.0. The van der Waals surface area contributed by atoms with Crippen LogP contribution in [0.5, 0.6) is 0 Å². The van der Waals surface area contributed by atoms with E-state index in [1.807, 2.05) is 6.92 Å². The van der Waals surface area contributed by atoms with Gasteiger partial charge in [-0.2, -0.15) is 0 Å². The summed E-state index contributed by atoms with van der Waals surface area (Å²) in [6.45, 7) is 2.33. The van der Waals surface area contributed by atoms with Gasteiger partial charge in [-0.05, 0) is 42.8 Å². The minimum Gasteiger partial charge on any atom is -0.462 e. The number of nitrogens with zero attached hydrogens (tertiary/aromatic N) is 1. The lowest BCUT2D eigenvalue weighted by molar-refractivity contribution is 0.0499. The summed E-state index contributed by atoms with van der Waals surface area (Å²) < 4.78 is 5.15. The average molecular weight is 338 g/mol. The number of rotatable bonds is 5. The van der Waals surface area contributed by atoms with Crippen molar-refractivity contribution in [3.05, 3.63) is 59.2 Å². The number of imide groups is 1. The number of fused-ring (bicyclic) bond motifs is 1. The Morgan fingerprint density at radius 1 is 1.08 bits per heavy atom. The largest absolute Gasteiger partial charge is 0.462 e. The second-order valence-electron chi connectivity index (χ2n) is 5.79. The van der Waals surface area contributed by atoms with Crippen LogP contribution in [0.4, 0.5) is 11.4 Å². The number of carbonyl (C=O) groups excluding carboxylic acids is 3. The van der Waals surface area contributed by atoms with Crippen molar-refractivity contribution in [1.82, 2.24) is 0 Å². The quantitative estimate of drug-likeness (QED) is 0.392. The van der Waals surface area contributed by atoms with E-state index < -0.39 is 17.8 Å². The number of carbonyl (C=O) groups is 3. The normalized spacial score (nSPS) is 13.1. The molecule has 2 amide bonds. The van der Waals surface area contributed by atoms with Gasteiger partial charge in [0.1, 0.15) is 0 Å². The van der Waals surface area contributed by atoms with Crippen molar-refractivity contribution >= 4 is 29.2 Å². The second kappa shape index (κ2) is 6.76. The van der Waals surface area contributed by atoms with Gasteiger partial charge in [-0.1, -0.05) is 19.4 Å². The topological polar surface area (TPSA) is 89.7 Å². The highest BCUT2D eigenvalue weighted by atomic mass is 16.5. The van der Waals surface area contributed by atoms with Gasteiger partial charge in [-0.25, -0.2) is 9.69 Å². The highest BCUT2D eigenvalue weighted by molar-refractivity contribution is 6.34. The first-order valence-corrected chi connectivity index (χ1v) is 8.08. The molecule has 6 heteroatoms. The second-order valence-corrected chi connectivity index (χ2v) is 5.79. The molecule has 0 saturated carbocycles. The molecule has 1 heterocycles. The number of hydrogen-bond acceptors (Lipinski definition) is 5. The van der Waals surface area contributed by atoms with E-state index in [4.69, 9.17) is 10.5 Å². The van der Waals surface area contributed by atoms with Crippen LogP contribution in [0.1, 0.15) is 50.8 Å². The van der Waals surface area contributed by atoms with Gasteiger partial charge in [0, 0.05) is 5.69 Å². The Kier molecular flexibility index (Phi) is 4.52. The Bertz CT molecular complexity index is 860. The van der Waals surface area contributed by atoms with E-state index >= 15 is 0 Å². The molecule has 0 saturated heterocycles. The Labute approximate surface area is 145 Å². The van der Waals surface area contributed by atoms with Crippen LogP contribution in [0, 0.1) is 0 Å². The fourth-order valence-electron chi connectivity index (χ4n) is 2.66. The zero-order valence-corrected chi connectivity index (χ0v) is 13.8.